The zero-order valence-corrected chi connectivity index (χ0v) is 19.2. The number of hydrogen-bond donors (Lipinski definition) is 1. The lowest BCUT2D eigenvalue weighted by Gasteiger charge is -2.47. The van der Waals surface area contributed by atoms with E-state index in [1.165, 1.54) is 11.3 Å². The molecule has 2 aromatic rings. The van der Waals surface area contributed by atoms with Crippen LogP contribution in [0.25, 0.3) is 6.08 Å². The number of hydrogen-bond acceptors (Lipinski definition) is 4. The second-order valence-corrected chi connectivity index (χ2v) is 8.78. The first-order valence-corrected chi connectivity index (χ1v) is 10.7. The van der Waals surface area contributed by atoms with Gasteiger partial charge in [0.05, 0.1) is 7.11 Å². The number of rotatable bonds is 5. The number of nitrogens with one attached hydrogen (secondary N) is 1. The van der Waals surface area contributed by atoms with E-state index in [2.05, 4.69) is 56.1 Å². The molecule has 3 rings (SSSR count). The molecule has 1 unspecified atom stereocenters. The molecule has 31 heavy (non-hydrogen) atoms. The number of benzene rings is 2. The summed E-state index contributed by atoms with van der Waals surface area (Å²) in [5.74, 6) is 0.686. The summed E-state index contributed by atoms with van der Waals surface area (Å²) >= 11 is 0. The Labute approximate surface area is 185 Å². The van der Waals surface area contributed by atoms with E-state index in [0.29, 0.717) is 17.4 Å². The molecule has 0 bridgehead atoms. The molecule has 1 aliphatic rings. The van der Waals surface area contributed by atoms with Gasteiger partial charge in [-0.2, -0.15) is 5.26 Å². The van der Waals surface area contributed by atoms with Gasteiger partial charge in [-0.15, -0.1) is 0 Å². The van der Waals surface area contributed by atoms with Crippen LogP contribution in [0.4, 0.5) is 11.4 Å². The maximum atomic E-state index is 12.7. The lowest BCUT2D eigenvalue weighted by molar-refractivity contribution is -0.112. The fourth-order valence-corrected chi connectivity index (χ4v) is 4.58. The Hall–Kier alpha value is -3.26. The predicted octanol–water partition coefficient (Wildman–Crippen LogP) is 5.66. The first-order chi connectivity index (χ1) is 14.7. The number of carbonyl (C=O) groups excluding carboxylic acids is 1. The van der Waals surface area contributed by atoms with E-state index in [4.69, 9.17) is 4.74 Å². The molecular formula is C26H31N3O2. The smallest absolute Gasteiger partial charge is 0.266 e. The number of anilines is 2. The normalized spacial score (nSPS) is 17.5. The van der Waals surface area contributed by atoms with Gasteiger partial charge >= 0.3 is 0 Å². The molecule has 5 heteroatoms. The highest BCUT2D eigenvalue weighted by atomic mass is 16.5. The second kappa shape index (κ2) is 8.85. The van der Waals surface area contributed by atoms with Crippen molar-refractivity contribution >= 4 is 23.4 Å². The standard InChI is InChI=1S/C26H31N3O2/c1-7-29-24-12-17(2)19(14-23(24)18(3)15-26(29,4)5)13-20(16-27)25(30)28-21-8-10-22(31-6)11-9-21/h8-14,18H,7,15H2,1-6H3,(H,28,30)/b20-13-. The van der Waals surface area contributed by atoms with Gasteiger partial charge in [-0.05, 0) is 99.2 Å². The van der Waals surface area contributed by atoms with Crippen molar-refractivity contribution in [3.05, 3.63) is 58.7 Å². The topological polar surface area (TPSA) is 65.4 Å². The highest BCUT2D eigenvalue weighted by Gasteiger charge is 2.35. The van der Waals surface area contributed by atoms with Gasteiger partial charge in [-0.1, -0.05) is 6.92 Å². The highest BCUT2D eigenvalue weighted by Crippen LogP contribution is 2.44. The number of methoxy groups -OCH3 is 1. The van der Waals surface area contributed by atoms with Crippen LogP contribution >= 0.6 is 0 Å². The minimum atomic E-state index is -0.422. The Morgan fingerprint density at radius 3 is 2.58 bits per heavy atom. The molecule has 1 heterocycles. The predicted molar refractivity (Wildman–Crippen MR) is 127 cm³/mol. The summed E-state index contributed by atoms with van der Waals surface area (Å²) in [6, 6.07) is 13.4. The Balaban J connectivity index is 1.93. The van der Waals surface area contributed by atoms with Crippen LogP contribution in [-0.2, 0) is 4.79 Å². The van der Waals surface area contributed by atoms with Gasteiger partial charge < -0.3 is 15.0 Å². The Morgan fingerprint density at radius 2 is 2.00 bits per heavy atom. The number of carbonyl (C=O) groups is 1. The lowest BCUT2D eigenvalue weighted by Crippen LogP contribution is -2.48. The number of fused-ring (bicyclic) bond motifs is 1. The maximum Gasteiger partial charge on any atom is 0.266 e. The molecule has 0 radical (unpaired) electrons. The van der Waals surface area contributed by atoms with E-state index in [1.54, 1.807) is 37.5 Å². The molecule has 0 spiro atoms. The highest BCUT2D eigenvalue weighted by molar-refractivity contribution is 6.09. The zero-order chi connectivity index (χ0) is 22.8. The number of amides is 1. The number of nitriles is 1. The quantitative estimate of drug-likeness (QED) is 0.503. The fourth-order valence-electron chi connectivity index (χ4n) is 4.58. The van der Waals surface area contributed by atoms with Crippen LogP contribution < -0.4 is 15.0 Å². The molecule has 0 saturated carbocycles. The van der Waals surface area contributed by atoms with E-state index in [1.807, 2.05) is 6.92 Å². The molecule has 1 atom stereocenters. The molecule has 1 N–H and O–H groups in total. The molecule has 0 aliphatic carbocycles. The van der Waals surface area contributed by atoms with Crippen molar-refractivity contribution in [2.75, 3.05) is 23.9 Å². The summed E-state index contributed by atoms with van der Waals surface area (Å²) in [7, 11) is 1.59. The summed E-state index contributed by atoms with van der Waals surface area (Å²) in [5.41, 5.74) is 5.27. The van der Waals surface area contributed by atoms with E-state index in [-0.39, 0.29) is 11.1 Å². The average molecular weight is 418 g/mol. The minimum absolute atomic E-state index is 0.0787. The van der Waals surface area contributed by atoms with Crippen LogP contribution in [0.1, 0.15) is 56.7 Å². The van der Waals surface area contributed by atoms with Crippen LogP contribution in [0.5, 0.6) is 5.75 Å². The van der Waals surface area contributed by atoms with Crippen molar-refractivity contribution in [1.82, 2.24) is 0 Å². The van der Waals surface area contributed by atoms with Crippen molar-refractivity contribution < 1.29 is 9.53 Å². The first-order valence-electron chi connectivity index (χ1n) is 10.7. The maximum absolute atomic E-state index is 12.7. The van der Waals surface area contributed by atoms with E-state index >= 15 is 0 Å². The fraction of sp³-hybridized carbons (Fsp3) is 0.385. The van der Waals surface area contributed by atoms with Crippen LogP contribution in [-0.4, -0.2) is 25.1 Å². The van der Waals surface area contributed by atoms with Gasteiger partial charge in [0.2, 0.25) is 0 Å². The molecule has 1 amide bonds. The van der Waals surface area contributed by atoms with Gasteiger partial charge in [-0.3, -0.25) is 4.79 Å². The zero-order valence-electron chi connectivity index (χ0n) is 19.2. The number of aryl methyl sites for hydroxylation is 1. The number of ether oxygens (including phenoxy) is 1. The van der Waals surface area contributed by atoms with Crippen molar-refractivity contribution in [2.24, 2.45) is 0 Å². The van der Waals surface area contributed by atoms with Crippen molar-refractivity contribution in [3.63, 3.8) is 0 Å². The van der Waals surface area contributed by atoms with Crippen LogP contribution in [0.15, 0.2) is 42.0 Å². The molecule has 0 aromatic heterocycles. The summed E-state index contributed by atoms with van der Waals surface area (Å²) in [6.45, 7) is 12.0. The van der Waals surface area contributed by atoms with Gasteiger partial charge in [0, 0.05) is 23.5 Å². The Bertz CT molecular complexity index is 1050. The number of nitrogens with zero attached hydrogens (tertiary/aromatic N) is 2. The largest absolute Gasteiger partial charge is 0.497 e. The van der Waals surface area contributed by atoms with E-state index in [0.717, 1.165) is 24.1 Å². The molecular weight excluding hydrogens is 386 g/mol. The summed E-state index contributed by atoms with van der Waals surface area (Å²) < 4.78 is 5.14. The molecule has 0 fully saturated rings. The van der Waals surface area contributed by atoms with Crippen LogP contribution in [0, 0.1) is 18.3 Å². The van der Waals surface area contributed by atoms with Gasteiger partial charge in [0.15, 0.2) is 0 Å². The van der Waals surface area contributed by atoms with Crippen molar-refractivity contribution in [2.45, 2.75) is 52.5 Å². The van der Waals surface area contributed by atoms with Crippen molar-refractivity contribution in [3.8, 4) is 11.8 Å². The van der Waals surface area contributed by atoms with E-state index in [9.17, 15) is 10.1 Å². The van der Waals surface area contributed by atoms with Gasteiger partial charge in [0.1, 0.15) is 17.4 Å². The third kappa shape index (κ3) is 4.59. The third-order valence-corrected chi connectivity index (χ3v) is 6.10. The third-order valence-electron chi connectivity index (χ3n) is 6.10. The van der Waals surface area contributed by atoms with E-state index < -0.39 is 5.91 Å². The Morgan fingerprint density at radius 1 is 1.32 bits per heavy atom. The first kappa shape index (κ1) is 22.4. The molecule has 162 valence electrons. The lowest BCUT2D eigenvalue weighted by atomic mass is 9.79. The average Bonchev–Trinajstić information content (AvgIpc) is 2.72. The molecule has 1 aliphatic heterocycles. The second-order valence-electron chi connectivity index (χ2n) is 8.78. The minimum Gasteiger partial charge on any atom is -0.497 e. The van der Waals surface area contributed by atoms with Crippen molar-refractivity contribution in [1.29, 1.82) is 5.26 Å². The van der Waals surface area contributed by atoms with Gasteiger partial charge in [0.25, 0.3) is 5.91 Å². The monoisotopic (exact) mass is 417 g/mol. The summed E-state index contributed by atoms with van der Waals surface area (Å²) in [4.78, 5) is 15.2. The Kier molecular flexibility index (Phi) is 6.40. The van der Waals surface area contributed by atoms with Crippen LogP contribution in [0.2, 0.25) is 0 Å². The SMILES string of the molecule is CCN1c2cc(C)c(/C=C(/C#N)C(=O)Nc3ccc(OC)cc3)cc2C(C)CC1(C)C. The van der Waals surface area contributed by atoms with Gasteiger partial charge in [-0.25, -0.2) is 0 Å². The molecule has 0 saturated heterocycles. The van der Waals surface area contributed by atoms with Crippen LogP contribution in [0.3, 0.4) is 0 Å². The summed E-state index contributed by atoms with van der Waals surface area (Å²) in [6.07, 6.45) is 2.75. The molecule has 2 aromatic carbocycles. The summed E-state index contributed by atoms with van der Waals surface area (Å²) in [5, 5.41) is 12.4. The molecule has 5 nitrogen and oxygen atoms in total.